The van der Waals surface area contributed by atoms with Gasteiger partial charge in [0.25, 0.3) is 0 Å². The standard InChI is InChI=1S/C17H14F2N4O3/c1-9(24)11-3-2-4-14-15(11)26-17(18,19)16(25)23(14)8-10-5-6-12-13(7-10)21-22-20-12/h2-7,9,24H,8H2,1H3,(H,20,21,22)/t9-/m0/s1. The molecule has 1 aromatic heterocycles. The first-order valence-corrected chi connectivity index (χ1v) is 7.86. The Morgan fingerprint density at radius 3 is 2.92 bits per heavy atom. The molecule has 2 aromatic carbocycles. The maximum atomic E-state index is 14.2. The van der Waals surface area contributed by atoms with Crippen LogP contribution in [0.1, 0.15) is 24.2 Å². The lowest BCUT2D eigenvalue weighted by Gasteiger charge is -2.35. The van der Waals surface area contributed by atoms with Gasteiger partial charge < -0.3 is 9.84 Å². The Kier molecular flexibility index (Phi) is 3.62. The molecule has 0 radical (unpaired) electrons. The van der Waals surface area contributed by atoms with Gasteiger partial charge in [-0.3, -0.25) is 14.8 Å². The third-order valence-corrected chi connectivity index (χ3v) is 4.22. The van der Waals surface area contributed by atoms with Crippen molar-refractivity contribution in [2.24, 2.45) is 0 Å². The number of amides is 1. The first kappa shape index (κ1) is 16.4. The van der Waals surface area contributed by atoms with E-state index < -0.39 is 18.1 Å². The van der Waals surface area contributed by atoms with Crippen LogP contribution in [0.3, 0.4) is 0 Å². The SMILES string of the molecule is C[C@H](O)c1cccc2c1OC(F)(F)C(=O)N2Cc1ccc2[nH]nnc2c1. The summed E-state index contributed by atoms with van der Waals surface area (Å²) >= 11 is 0. The van der Waals surface area contributed by atoms with Gasteiger partial charge in [0.15, 0.2) is 5.75 Å². The molecular formula is C17H14F2N4O3. The second-order valence-corrected chi connectivity index (χ2v) is 6.04. The lowest BCUT2D eigenvalue weighted by molar-refractivity contribution is -0.193. The van der Waals surface area contributed by atoms with E-state index in [1.54, 1.807) is 24.3 Å². The van der Waals surface area contributed by atoms with Gasteiger partial charge in [0.05, 0.1) is 23.9 Å². The van der Waals surface area contributed by atoms with Gasteiger partial charge in [0.2, 0.25) is 0 Å². The Balaban J connectivity index is 1.79. The molecule has 0 bridgehead atoms. The van der Waals surface area contributed by atoms with Crippen LogP contribution in [0.4, 0.5) is 14.5 Å². The van der Waals surface area contributed by atoms with Crippen LogP contribution in [0.25, 0.3) is 11.0 Å². The molecule has 7 nitrogen and oxygen atoms in total. The topological polar surface area (TPSA) is 91.3 Å². The monoisotopic (exact) mass is 360 g/mol. The predicted molar refractivity (Wildman–Crippen MR) is 87.7 cm³/mol. The summed E-state index contributed by atoms with van der Waals surface area (Å²) in [5.41, 5.74) is 2.23. The number of halogens is 2. The van der Waals surface area contributed by atoms with E-state index in [4.69, 9.17) is 0 Å². The number of nitrogens with zero attached hydrogens (tertiary/aromatic N) is 3. The number of hydrogen-bond acceptors (Lipinski definition) is 5. The zero-order valence-corrected chi connectivity index (χ0v) is 13.6. The van der Waals surface area contributed by atoms with Crippen LogP contribution in [0.2, 0.25) is 0 Å². The highest BCUT2D eigenvalue weighted by Gasteiger charge is 2.51. The molecule has 0 spiro atoms. The van der Waals surface area contributed by atoms with Crippen molar-refractivity contribution in [3.05, 3.63) is 47.5 Å². The highest BCUT2D eigenvalue weighted by molar-refractivity contribution is 6.01. The van der Waals surface area contributed by atoms with Crippen LogP contribution in [0.5, 0.6) is 5.75 Å². The summed E-state index contributed by atoms with van der Waals surface area (Å²) < 4.78 is 32.9. The molecule has 3 aromatic rings. The molecule has 1 amide bonds. The van der Waals surface area contributed by atoms with Crippen LogP contribution < -0.4 is 9.64 Å². The van der Waals surface area contributed by atoms with Crippen LogP contribution in [0, 0.1) is 0 Å². The molecule has 9 heteroatoms. The van der Waals surface area contributed by atoms with E-state index in [1.807, 2.05) is 0 Å². The molecule has 4 rings (SSSR count). The van der Waals surface area contributed by atoms with Crippen molar-refractivity contribution in [3.8, 4) is 5.75 Å². The summed E-state index contributed by atoms with van der Waals surface area (Å²) in [6.45, 7) is 1.34. The summed E-state index contributed by atoms with van der Waals surface area (Å²) in [7, 11) is 0. The zero-order valence-electron chi connectivity index (χ0n) is 13.6. The number of hydrogen-bond donors (Lipinski definition) is 2. The van der Waals surface area contributed by atoms with Gasteiger partial charge in [0, 0.05) is 5.56 Å². The molecule has 2 heterocycles. The maximum Gasteiger partial charge on any atom is 0.483 e. The molecule has 1 atom stereocenters. The second-order valence-electron chi connectivity index (χ2n) is 6.04. The Hall–Kier alpha value is -3.07. The van der Waals surface area contributed by atoms with Gasteiger partial charge >= 0.3 is 12.0 Å². The van der Waals surface area contributed by atoms with Gasteiger partial charge in [0.1, 0.15) is 5.52 Å². The number of aromatic nitrogens is 3. The third kappa shape index (κ3) is 2.57. The Morgan fingerprint density at radius 1 is 1.35 bits per heavy atom. The fraction of sp³-hybridized carbons (Fsp3) is 0.235. The van der Waals surface area contributed by atoms with E-state index in [9.17, 15) is 18.7 Å². The van der Waals surface area contributed by atoms with Gasteiger partial charge in [-0.1, -0.05) is 23.4 Å². The van der Waals surface area contributed by atoms with Crippen LogP contribution >= 0.6 is 0 Å². The number of aromatic amines is 1. The summed E-state index contributed by atoms with van der Waals surface area (Å²) in [5.74, 6) is -1.66. The minimum atomic E-state index is -4.02. The summed E-state index contributed by atoms with van der Waals surface area (Å²) in [6.07, 6.45) is -5.04. The number of carbonyl (C=O) groups excluding carboxylic acids is 1. The van der Waals surface area contributed by atoms with E-state index in [1.165, 1.54) is 19.1 Å². The van der Waals surface area contributed by atoms with Gasteiger partial charge in [-0.2, -0.15) is 8.78 Å². The molecular weight excluding hydrogens is 346 g/mol. The largest absolute Gasteiger partial charge is 0.483 e. The zero-order chi connectivity index (χ0) is 18.5. The molecule has 134 valence electrons. The molecule has 1 aliphatic rings. The molecule has 26 heavy (non-hydrogen) atoms. The number of fused-ring (bicyclic) bond motifs is 2. The minimum Gasteiger partial charge on any atom is -0.423 e. The number of para-hydroxylation sites is 1. The average molecular weight is 360 g/mol. The fourth-order valence-electron chi connectivity index (χ4n) is 2.96. The molecule has 0 fully saturated rings. The van der Waals surface area contributed by atoms with Gasteiger partial charge in [-0.15, -0.1) is 5.10 Å². The lowest BCUT2D eigenvalue weighted by Crippen LogP contribution is -2.50. The van der Waals surface area contributed by atoms with E-state index in [-0.39, 0.29) is 23.5 Å². The molecule has 0 saturated carbocycles. The van der Waals surface area contributed by atoms with Crippen LogP contribution in [-0.2, 0) is 11.3 Å². The molecule has 1 aliphatic heterocycles. The third-order valence-electron chi connectivity index (χ3n) is 4.22. The van der Waals surface area contributed by atoms with Crippen molar-refractivity contribution >= 4 is 22.6 Å². The molecule has 0 unspecified atom stereocenters. The second kappa shape index (κ2) is 5.73. The highest BCUT2D eigenvalue weighted by Crippen LogP contribution is 2.44. The van der Waals surface area contributed by atoms with Crippen LogP contribution in [-0.4, -0.2) is 32.5 Å². The average Bonchev–Trinajstić information content (AvgIpc) is 3.05. The Bertz CT molecular complexity index is 1000. The van der Waals surface area contributed by atoms with Crippen LogP contribution in [0.15, 0.2) is 36.4 Å². The minimum absolute atomic E-state index is 0.100. The van der Waals surface area contributed by atoms with Crippen molar-refractivity contribution in [1.82, 2.24) is 15.4 Å². The number of benzene rings is 2. The van der Waals surface area contributed by atoms with Gasteiger partial charge in [-0.05, 0) is 30.7 Å². The van der Waals surface area contributed by atoms with E-state index >= 15 is 0 Å². The fourth-order valence-corrected chi connectivity index (χ4v) is 2.96. The summed E-state index contributed by atoms with van der Waals surface area (Å²) in [5, 5.41) is 20.1. The van der Waals surface area contributed by atoms with Crippen molar-refractivity contribution in [3.63, 3.8) is 0 Å². The first-order valence-electron chi connectivity index (χ1n) is 7.86. The first-order chi connectivity index (χ1) is 12.4. The number of alkyl halides is 2. The summed E-state index contributed by atoms with van der Waals surface area (Å²) in [6, 6.07) is 9.63. The predicted octanol–water partition coefficient (Wildman–Crippen LogP) is 2.53. The molecule has 2 N–H and O–H groups in total. The Morgan fingerprint density at radius 2 is 2.15 bits per heavy atom. The normalized spacial score (nSPS) is 17.1. The van der Waals surface area contributed by atoms with E-state index in [0.29, 0.717) is 16.6 Å². The number of aliphatic hydroxyl groups is 1. The Labute approximate surface area is 146 Å². The van der Waals surface area contributed by atoms with Crippen molar-refractivity contribution in [1.29, 1.82) is 0 Å². The summed E-state index contributed by atoms with van der Waals surface area (Å²) in [4.78, 5) is 13.2. The van der Waals surface area contributed by atoms with Crippen molar-refractivity contribution < 1.29 is 23.4 Å². The number of rotatable bonds is 3. The number of anilines is 1. The lowest BCUT2D eigenvalue weighted by atomic mass is 10.1. The maximum absolute atomic E-state index is 14.2. The van der Waals surface area contributed by atoms with E-state index in [0.717, 1.165) is 4.90 Å². The smallest absolute Gasteiger partial charge is 0.423 e. The number of ether oxygens (including phenoxy) is 1. The quantitative estimate of drug-likeness (QED) is 0.749. The number of carbonyl (C=O) groups is 1. The number of H-pyrrole nitrogens is 1. The van der Waals surface area contributed by atoms with Crippen molar-refractivity contribution in [2.75, 3.05) is 4.90 Å². The van der Waals surface area contributed by atoms with Crippen molar-refractivity contribution in [2.45, 2.75) is 25.7 Å². The number of aliphatic hydroxyl groups excluding tert-OH is 1. The highest BCUT2D eigenvalue weighted by atomic mass is 19.3. The molecule has 0 aliphatic carbocycles. The van der Waals surface area contributed by atoms with Gasteiger partial charge in [-0.25, -0.2) is 0 Å². The number of nitrogens with one attached hydrogen (secondary N) is 1. The van der Waals surface area contributed by atoms with E-state index in [2.05, 4.69) is 20.1 Å². The molecule has 0 saturated heterocycles.